The first kappa shape index (κ1) is 12.8. The number of carbonyl (C=O) groups is 1. The molecule has 0 aromatic carbocycles. The number of nitrogens with one attached hydrogen (secondary N) is 1. The average molecular weight is 264 g/mol. The Morgan fingerprint density at radius 1 is 1.50 bits per heavy atom. The average Bonchev–Trinajstić information content (AvgIpc) is 2.76. The largest absolute Gasteiger partial charge is 0.480 e. The normalized spacial score (nSPS) is 12.8. The number of carboxylic acids is 1. The smallest absolute Gasteiger partial charge is 0.326 e. The maximum absolute atomic E-state index is 11.2. The van der Waals surface area contributed by atoms with Gasteiger partial charge in [-0.05, 0) is 29.9 Å². The van der Waals surface area contributed by atoms with Crippen molar-refractivity contribution in [3.05, 3.63) is 23.7 Å². The van der Waals surface area contributed by atoms with Crippen LogP contribution in [0.3, 0.4) is 0 Å². The molecular formula is C13H16N2O2S. The van der Waals surface area contributed by atoms with Crippen LogP contribution in [-0.2, 0) is 4.79 Å². The van der Waals surface area contributed by atoms with E-state index in [1.165, 1.54) is 0 Å². The van der Waals surface area contributed by atoms with E-state index >= 15 is 0 Å². The fraction of sp³-hybridized carbons (Fsp3) is 0.385. The molecule has 2 heterocycles. The van der Waals surface area contributed by atoms with E-state index in [9.17, 15) is 9.90 Å². The molecule has 1 atom stereocenters. The molecular weight excluding hydrogens is 248 g/mol. The SMILES string of the molecule is CC(C)CC(Nc1ccnc2ccsc12)C(=O)O. The monoisotopic (exact) mass is 264 g/mol. The number of hydrogen-bond acceptors (Lipinski definition) is 4. The van der Waals surface area contributed by atoms with Gasteiger partial charge in [0.1, 0.15) is 6.04 Å². The van der Waals surface area contributed by atoms with E-state index in [1.54, 1.807) is 17.5 Å². The van der Waals surface area contributed by atoms with Crippen molar-refractivity contribution >= 4 is 33.2 Å². The van der Waals surface area contributed by atoms with Gasteiger partial charge in [-0.15, -0.1) is 11.3 Å². The van der Waals surface area contributed by atoms with Gasteiger partial charge in [-0.1, -0.05) is 13.8 Å². The highest BCUT2D eigenvalue weighted by Gasteiger charge is 2.19. The molecule has 2 N–H and O–H groups in total. The Hall–Kier alpha value is -1.62. The Labute approximate surface area is 110 Å². The van der Waals surface area contributed by atoms with Gasteiger partial charge in [0.15, 0.2) is 0 Å². The number of anilines is 1. The fourth-order valence-electron chi connectivity index (χ4n) is 1.87. The minimum Gasteiger partial charge on any atom is -0.480 e. The molecule has 2 aromatic rings. The number of pyridine rings is 1. The molecule has 18 heavy (non-hydrogen) atoms. The predicted octanol–water partition coefficient (Wildman–Crippen LogP) is 3.21. The first-order valence-corrected chi connectivity index (χ1v) is 6.77. The zero-order valence-electron chi connectivity index (χ0n) is 10.4. The van der Waals surface area contributed by atoms with Crippen LogP contribution in [0.15, 0.2) is 23.7 Å². The van der Waals surface area contributed by atoms with E-state index < -0.39 is 12.0 Å². The van der Waals surface area contributed by atoms with Crippen molar-refractivity contribution in [2.45, 2.75) is 26.3 Å². The zero-order chi connectivity index (χ0) is 13.1. The lowest BCUT2D eigenvalue weighted by molar-refractivity contribution is -0.138. The highest BCUT2D eigenvalue weighted by Crippen LogP contribution is 2.27. The van der Waals surface area contributed by atoms with Gasteiger partial charge in [-0.2, -0.15) is 0 Å². The van der Waals surface area contributed by atoms with Crippen LogP contribution in [-0.4, -0.2) is 22.1 Å². The topological polar surface area (TPSA) is 62.2 Å². The van der Waals surface area contributed by atoms with E-state index in [0.29, 0.717) is 12.3 Å². The molecule has 0 aliphatic carbocycles. The van der Waals surface area contributed by atoms with E-state index in [4.69, 9.17) is 0 Å². The molecule has 5 heteroatoms. The molecule has 1 unspecified atom stereocenters. The third kappa shape index (κ3) is 2.79. The van der Waals surface area contributed by atoms with Gasteiger partial charge < -0.3 is 10.4 Å². The van der Waals surface area contributed by atoms with Gasteiger partial charge in [0, 0.05) is 6.20 Å². The lowest BCUT2D eigenvalue weighted by Crippen LogP contribution is -2.30. The molecule has 0 aliphatic rings. The maximum atomic E-state index is 11.2. The summed E-state index contributed by atoms with van der Waals surface area (Å²) in [7, 11) is 0. The molecule has 4 nitrogen and oxygen atoms in total. The Balaban J connectivity index is 2.25. The van der Waals surface area contributed by atoms with E-state index in [1.807, 2.05) is 31.4 Å². The molecule has 0 amide bonds. The summed E-state index contributed by atoms with van der Waals surface area (Å²) in [6, 6.07) is 3.20. The van der Waals surface area contributed by atoms with Crippen LogP contribution < -0.4 is 5.32 Å². The fourth-order valence-corrected chi connectivity index (χ4v) is 2.70. The number of aliphatic carboxylic acids is 1. The first-order chi connectivity index (χ1) is 8.58. The van der Waals surface area contributed by atoms with Crippen molar-refractivity contribution < 1.29 is 9.90 Å². The van der Waals surface area contributed by atoms with Gasteiger partial charge in [0.2, 0.25) is 0 Å². The minimum atomic E-state index is -0.815. The lowest BCUT2D eigenvalue weighted by atomic mass is 10.0. The summed E-state index contributed by atoms with van der Waals surface area (Å²) < 4.78 is 1.01. The number of rotatable bonds is 5. The number of carboxylic acid groups (broad SMARTS) is 1. The number of hydrogen-bond donors (Lipinski definition) is 2. The van der Waals surface area contributed by atoms with Crippen LogP contribution in [0.25, 0.3) is 10.2 Å². The molecule has 0 aliphatic heterocycles. The minimum absolute atomic E-state index is 0.333. The third-order valence-electron chi connectivity index (χ3n) is 2.68. The van der Waals surface area contributed by atoms with Crippen molar-refractivity contribution in [2.24, 2.45) is 5.92 Å². The number of aromatic nitrogens is 1. The molecule has 96 valence electrons. The van der Waals surface area contributed by atoms with E-state index in [0.717, 1.165) is 15.9 Å². The van der Waals surface area contributed by atoms with E-state index in [-0.39, 0.29) is 0 Å². The van der Waals surface area contributed by atoms with E-state index in [2.05, 4.69) is 10.3 Å². The van der Waals surface area contributed by atoms with Gasteiger partial charge in [-0.3, -0.25) is 4.98 Å². The van der Waals surface area contributed by atoms with Crippen LogP contribution in [0.5, 0.6) is 0 Å². The highest BCUT2D eigenvalue weighted by molar-refractivity contribution is 7.17. The molecule has 2 rings (SSSR count). The summed E-state index contributed by atoms with van der Waals surface area (Å²) in [6.45, 7) is 4.04. The summed E-state index contributed by atoms with van der Waals surface area (Å²) >= 11 is 1.57. The van der Waals surface area contributed by atoms with Crippen molar-refractivity contribution in [2.75, 3.05) is 5.32 Å². The summed E-state index contributed by atoms with van der Waals surface area (Å²) in [5.74, 6) is -0.482. The maximum Gasteiger partial charge on any atom is 0.326 e. The second kappa shape index (κ2) is 5.35. The van der Waals surface area contributed by atoms with Crippen LogP contribution in [0.1, 0.15) is 20.3 Å². The summed E-state index contributed by atoms with van der Waals surface area (Å²) in [5.41, 5.74) is 1.75. The van der Waals surface area contributed by atoms with Crippen molar-refractivity contribution in [3.63, 3.8) is 0 Å². The summed E-state index contributed by atoms with van der Waals surface area (Å²) in [6.07, 6.45) is 2.30. The molecule has 0 radical (unpaired) electrons. The third-order valence-corrected chi connectivity index (χ3v) is 3.62. The standard InChI is InChI=1S/C13H16N2O2S/c1-8(2)7-11(13(16)17)15-10-3-5-14-9-4-6-18-12(9)10/h3-6,8,11H,7H2,1-2H3,(H,14,15)(H,16,17). The van der Waals surface area contributed by atoms with Crippen molar-refractivity contribution in [1.82, 2.24) is 4.98 Å². The summed E-state index contributed by atoms with van der Waals surface area (Å²) in [5, 5.41) is 14.3. The van der Waals surface area contributed by atoms with Gasteiger partial charge in [0.05, 0.1) is 15.9 Å². The molecule has 0 bridgehead atoms. The quantitative estimate of drug-likeness (QED) is 0.870. The van der Waals surface area contributed by atoms with Crippen LogP contribution in [0.2, 0.25) is 0 Å². The van der Waals surface area contributed by atoms with Gasteiger partial charge in [0.25, 0.3) is 0 Å². The number of thiophene rings is 1. The molecule has 0 fully saturated rings. The second-order valence-corrected chi connectivity index (χ2v) is 5.57. The van der Waals surface area contributed by atoms with Gasteiger partial charge >= 0.3 is 5.97 Å². The van der Waals surface area contributed by atoms with Gasteiger partial charge in [-0.25, -0.2) is 4.79 Å². The molecule has 0 saturated carbocycles. The first-order valence-electron chi connectivity index (χ1n) is 5.89. The molecule has 2 aromatic heterocycles. The Morgan fingerprint density at radius 2 is 2.28 bits per heavy atom. The predicted molar refractivity (Wildman–Crippen MR) is 74.1 cm³/mol. The Bertz CT molecular complexity index is 551. The Kier molecular flexibility index (Phi) is 3.81. The van der Waals surface area contributed by atoms with Crippen LogP contribution >= 0.6 is 11.3 Å². The molecule has 0 saturated heterocycles. The van der Waals surface area contributed by atoms with Crippen molar-refractivity contribution in [3.8, 4) is 0 Å². The summed E-state index contributed by atoms with van der Waals surface area (Å²) in [4.78, 5) is 15.5. The zero-order valence-corrected chi connectivity index (χ0v) is 11.2. The number of fused-ring (bicyclic) bond motifs is 1. The molecule has 0 spiro atoms. The lowest BCUT2D eigenvalue weighted by Gasteiger charge is -2.17. The second-order valence-electron chi connectivity index (χ2n) is 4.66. The number of nitrogens with zero attached hydrogens (tertiary/aromatic N) is 1. The van der Waals surface area contributed by atoms with Crippen LogP contribution in [0, 0.1) is 5.92 Å². The highest BCUT2D eigenvalue weighted by atomic mass is 32.1. The van der Waals surface area contributed by atoms with Crippen LogP contribution in [0.4, 0.5) is 5.69 Å². The van der Waals surface area contributed by atoms with Crippen molar-refractivity contribution in [1.29, 1.82) is 0 Å². The Morgan fingerprint density at radius 3 is 2.94 bits per heavy atom.